The smallest absolute Gasteiger partial charge is 0.267 e. The molecule has 11 heteroatoms. The first kappa shape index (κ1) is 25.6. The van der Waals surface area contributed by atoms with Crippen LogP contribution in [0.4, 0.5) is 5.82 Å². The lowest BCUT2D eigenvalue weighted by molar-refractivity contribution is -0.122. The van der Waals surface area contributed by atoms with Crippen LogP contribution in [0.2, 0.25) is 0 Å². The van der Waals surface area contributed by atoms with Gasteiger partial charge in [-0.15, -0.1) is 0 Å². The van der Waals surface area contributed by atoms with Gasteiger partial charge in [0.2, 0.25) is 0 Å². The van der Waals surface area contributed by atoms with Crippen LogP contribution in [0, 0.1) is 0 Å². The summed E-state index contributed by atoms with van der Waals surface area (Å²) in [6.45, 7) is 0.714. The molecule has 4 aromatic rings. The Bertz CT molecular complexity index is 1600. The van der Waals surface area contributed by atoms with E-state index in [1.165, 1.54) is 16.2 Å². The average molecular weight is 549 g/mol. The van der Waals surface area contributed by atoms with Gasteiger partial charge in [-0.2, -0.15) is 0 Å². The molecule has 0 saturated carbocycles. The van der Waals surface area contributed by atoms with E-state index < -0.39 is 0 Å². The van der Waals surface area contributed by atoms with Gasteiger partial charge < -0.3 is 19.2 Å². The molecule has 1 fully saturated rings. The summed E-state index contributed by atoms with van der Waals surface area (Å²) in [5.41, 5.74) is 1.43. The zero-order valence-corrected chi connectivity index (χ0v) is 22.3. The fourth-order valence-electron chi connectivity index (χ4n) is 4.05. The van der Waals surface area contributed by atoms with Crippen LogP contribution < -0.4 is 20.3 Å². The number of fused-ring (bicyclic) bond motifs is 1. The van der Waals surface area contributed by atoms with E-state index in [2.05, 4.69) is 10.3 Å². The zero-order valence-electron chi connectivity index (χ0n) is 20.7. The van der Waals surface area contributed by atoms with Crippen molar-refractivity contribution in [3.8, 4) is 11.5 Å². The number of carbonyl (C=O) groups excluding carboxylic acids is 1. The molecule has 0 atom stereocenters. The van der Waals surface area contributed by atoms with Crippen LogP contribution >= 0.6 is 24.0 Å². The second kappa shape index (κ2) is 11.1. The monoisotopic (exact) mass is 548 g/mol. The first-order chi connectivity index (χ1) is 18.5. The summed E-state index contributed by atoms with van der Waals surface area (Å²) < 4.78 is 17.9. The number of nitrogens with zero attached hydrogens (tertiary/aromatic N) is 3. The van der Waals surface area contributed by atoms with E-state index in [9.17, 15) is 9.59 Å². The van der Waals surface area contributed by atoms with Gasteiger partial charge in [-0.1, -0.05) is 36.1 Å². The molecule has 9 nitrogen and oxygen atoms in total. The summed E-state index contributed by atoms with van der Waals surface area (Å²) in [7, 11) is 3.16. The van der Waals surface area contributed by atoms with Crippen LogP contribution in [0.1, 0.15) is 16.9 Å². The quantitative estimate of drug-likeness (QED) is 0.242. The van der Waals surface area contributed by atoms with Crippen molar-refractivity contribution in [2.75, 3.05) is 26.1 Å². The molecular formula is C27H24N4O5S2. The fraction of sp³-hybridized carbons (Fsp3) is 0.185. The van der Waals surface area contributed by atoms with Gasteiger partial charge in [0, 0.05) is 12.7 Å². The third-order valence-corrected chi connectivity index (χ3v) is 7.38. The van der Waals surface area contributed by atoms with Gasteiger partial charge >= 0.3 is 0 Å². The summed E-state index contributed by atoms with van der Waals surface area (Å²) >= 11 is 6.68. The maximum Gasteiger partial charge on any atom is 0.267 e. The number of furan rings is 1. The average Bonchev–Trinajstić information content (AvgIpc) is 3.55. The second-order valence-electron chi connectivity index (χ2n) is 8.31. The number of thiocarbonyl (C=S) groups is 1. The number of amides is 1. The van der Waals surface area contributed by atoms with E-state index in [0.29, 0.717) is 57.5 Å². The molecule has 0 spiro atoms. The molecule has 0 unspecified atom stereocenters. The van der Waals surface area contributed by atoms with E-state index in [0.717, 1.165) is 5.56 Å². The molecule has 1 saturated heterocycles. The van der Waals surface area contributed by atoms with E-state index in [4.69, 9.17) is 26.1 Å². The molecule has 1 aromatic carbocycles. The predicted octanol–water partition coefficient (Wildman–Crippen LogP) is 4.36. The molecule has 0 bridgehead atoms. The first-order valence-corrected chi connectivity index (χ1v) is 12.9. The van der Waals surface area contributed by atoms with Gasteiger partial charge in [0.25, 0.3) is 11.5 Å². The number of anilines is 1. The number of nitrogens with one attached hydrogen (secondary N) is 1. The Balaban J connectivity index is 1.41. The van der Waals surface area contributed by atoms with Gasteiger partial charge in [0.05, 0.1) is 37.5 Å². The van der Waals surface area contributed by atoms with Crippen LogP contribution in [0.5, 0.6) is 11.5 Å². The number of ether oxygens (including phenoxy) is 2. The van der Waals surface area contributed by atoms with Crippen LogP contribution in [0.3, 0.4) is 0 Å². The number of benzene rings is 1. The minimum atomic E-state index is -0.298. The van der Waals surface area contributed by atoms with Gasteiger partial charge in [-0.3, -0.25) is 18.9 Å². The van der Waals surface area contributed by atoms with Crippen LogP contribution in [-0.4, -0.2) is 45.3 Å². The number of hydrogen-bond donors (Lipinski definition) is 1. The Hall–Kier alpha value is -4.09. The van der Waals surface area contributed by atoms with Crippen molar-refractivity contribution in [1.29, 1.82) is 0 Å². The van der Waals surface area contributed by atoms with Crippen molar-refractivity contribution in [2.24, 2.45) is 0 Å². The highest BCUT2D eigenvalue weighted by atomic mass is 32.2. The summed E-state index contributed by atoms with van der Waals surface area (Å²) in [4.78, 5) is 33.3. The third kappa shape index (κ3) is 5.15. The van der Waals surface area contributed by atoms with Gasteiger partial charge in [-0.25, -0.2) is 4.98 Å². The van der Waals surface area contributed by atoms with Crippen LogP contribution in [0.15, 0.2) is 75.1 Å². The van der Waals surface area contributed by atoms with Gasteiger partial charge in [0.15, 0.2) is 11.5 Å². The van der Waals surface area contributed by atoms with Crippen molar-refractivity contribution in [1.82, 2.24) is 14.3 Å². The van der Waals surface area contributed by atoms with Gasteiger partial charge in [0.1, 0.15) is 21.5 Å². The number of rotatable bonds is 9. The number of hydrogen-bond acceptors (Lipinski definition) is 9. The first-order valence-electron chi connectivity index (χ1n) is 11.7. The number of pyridine rings is 1. The molecule has 0 radical (unpaired) electrons. The van der Waals surface area contributed by atoms with E-state index in [-0.39, 0.29) is 17.0 Å². The van der Waals surface area contributed by atoms with Gasteiger partial charge in [-0.05, 0) is 54.5 Å². The molecule has 194 valence electrons. The number of carbonyl (C=O) groups is 1. The maximum atomic E-state index is 13.4. The summed E-state index contributed by atoms with van der Waals surface area (Å²) in [5, 5.41) is 3.17. The summed E-state index contributed by atoms with van der Waals surface area (Å²) in [6, 6.07) is 14.5. The molecule has 1 aliphatic heterocycles. The molecular weight excluding hydrogens is 524 g/mol. The highest BCUT2D eigenvalue weighted by Crippen LogP contribution is 2.34. The van der Waals surface area contributed by atoms with Crippen molar-refractivity contribution in [3.05, 3.63) is 93.1 Å². The Morgan fingerprint density at radius 1 is 1.11 bits per heavy atom. The summed E-state index contributed by atoms with van der Waals surface area (Å²) in [5.74, 6) is 2.04. The van der Waals surface area contributed by atoms with Crippen molar-refractivity contribution in [2.45, 2.75) is 13.0 Å². The van der Waals surface area contributed by atoms with E-state index in [1.54, 1.807) is 61.9 Å². The number of methoxy groups -OCH3 is 2. The highest BCUT2D eigenvalue weighted by Gasteiger charge is 2.32. The third-order valence-electron chi connectivity index (χ3n) is 6.00. The molecule has 1 aliphatic rings. The second-order valence-corrected chi connectivity index (χ2v) is 9.99. The summed E-state index contributed by atoms with van der Waals surface area (Å²) in [6.07, 6.45) is 5.35. The Labute approximate surface area is 228 Å². The Kier molecular flexibility index (Phi) is 7.47. The number of thioether (sulfide) groups is 1. The molecule has 5 rings (SSSR count). The molecule has 3 aromatic heterocycles. The van der Waals surface area contributed by atoms with Crippen molar-refractivity contribution >= 4 is 51.7 Å². The highest BCUT2D eigenvalue weighted by molar-refractivity contribution is 8.26. The fourth-order valence-corrected chi connectivity index (χ4v) is 5.34. The largest absolute Gasteiger partial charge is 0.493 e. The Morgan fingerprint density at radius 2 is 1.95 bits per heavy atom. The topological polar surface area (TPSA) is 98.3 Å². The predicted molar refractivity (Wildman–Crippen MR) is 151 cm³/mol. The molecule has 38 heavy (non-hydrogen) atoms. The number of aromatic nitrogens is 2. The van der Waals surface area contributed by atoms with Crippen LogP contribution in [-0.2, 0) is 17.8 Å². The van der Waals surface area contributed by atoms with E-state index >= 15 is 0 Å². The lowest BCUT2D eigenvalue weighted by atomic mass is 10.1. The minimum absolute atomic E-state index is 0.255. The normalized spacial score (nSPS) is 14.5. The minimum Gasteiger partial charge on any atom is -0.493 e. The molecule has 1 N–H and O–H groups in total. The van der Waals surface area contributed by atoms with Crippen molar-refractivity contribution < 1.29 is 18.7 Å². The SMILES string of the molecule is COc1ccc(CCN2C(=O)/C(=C/c3c(NCc4ccco4)nc4ccccn4c3=O)SC2=S)cc1OC. The van der Waals surface area contributed by atoms with E-state index in [1.807, 2.05) is 24.3 Å². The lowest BCUT2D eigenvalue weighted by Crippen LogP contribution is -2.30. The van der Waals surface area contributed by atoms with Crippen molar-refractivity contribution in [3.63, 3.8) is 0 Å². The standard InChI is InChI=1S/C27H24N4O5S2/c1-34-20-9-8-17(14-21(20)35-2)10-12-31-26(33)22(38-27(31)37)15-19-24(28-16-18-6-5-13-36-18)29-23-7-3-4-11-30(23)25(19)32/h3-9,11,13-15,28H,10,12,16H2,1-2H3/b22-15-. The Morgan fingerprint density at radius 3 is 2.71 bits per heavy atom. The molecule has 4 heterocycles. The zero-order chi connectivity index (χ0) is 26.6. The van der Waals surface area contributed by atoms with Crippen LogP contribution in [0.25, 0.3) is 11.7 Å². The molecule has 1 amide bonds. The molecule has 0 aliphatic carbocycles. The lowest BCUT2D eigenvalue weighted by Gasteiger charge is -2.15. The maximum absolute atomic E-state index is 13.4.